The molecule has 0 saturated carbocycles. The molecule has 1 aromatic heterocycles. The lowest BCUT2D eigenvalue weighted by atomic mass is 10.3. The molecule has 3 heteroatoms. The molecule has 12 heavy (non-hydrogen) atoms. The van der Waals surface area contributed by atoms with Gasteiger partial charge in [0.15, 0.2) is 0 Å². The van der Waals surface area contributed by atoms with Crippen molar-refractivity contribution in [2.45, 2.75) is 20.8 Å². The van der Waals surface area contributed by atoms with Crippen molar-refractivity contribution in [2.24, 2.45) is 5.73 Å². The lowest BCUT2D eigenvalue weighted by molar-refractivity contribution is 0.583. The van der Waals surface area contributed by atoms with Crippen LogP contribution in [0.25, 0.3) is 0 Å². The van der Waals surface area contributed by atoms with Gasteiger partial charge < -0.3 is 5.73 Å². The molecule has 2 nitrogen and oxygen atoms in total. The third kappa shape index (κ3) is 7.15. The van der Waals surface area contributed by atoms with Crippen molar-refractivity contribution >= 4 is 0 Å². The topological polar surface area (TPSA) is 38.9 Å². The van der Waals surface area contributed by atoms with Gasteiger partial charge in [0, 0.05) is 6.20 Å². The highest BCUT2D eigenvalue weighted by molar-refractivity contribution is 5.05. The van der Waals surface area contributed by atoms with E-state index in [1.807, 2.05) is 20.8 Å². The first-order valence-electron chi connectivity index (χ1n) is 3.95. The summed E-state index contributed by atoms with van der Waals surface area (Å²) < 4.78 is 12.0. The maximum Gasteiger partial charge on any atom is 0.212 e. The maximum absolute atomic E-state index is 12.0. The average Bonchev–Trinajstić information content (AvgIpc) is 2.17. The van der Waals surface area contributed by atoms with Crippen LogP contribution in [0.1, 0.15) is 19.4 Å². The first kappa shape index (κ1) is 13.6. The van der Waals surface area contributed by atoms with Gasteiger partial charge in [0.2, 0.25) is 5.95 Å². The lowest BCUT2D eigenvalue weighted by Gasteiger charge is -1.86. The molecule has 0 bridgehead atoms. The molecule has 0 amide bonds. The third-order valence-corrected chi connectivity index (χ3v) is 0.875. The summed E-state index contributed by atoms with van der Waals surface area (Å²) in [5, 5.41) is 0. The molecule has 0 aliphatic heterocycles. The Bertz CT molecular complexity index is 151. The maximum atomic E-state index is 12.0. The van der Waals surface area contributed by atoms with Gasteiger partial charge in [-0.05, 0) is 25.6 Å². The van der Waals surface area contributed by atoms with E-state index in [1.165, 1.54) is 19.3 Å². The Balaban J connectivity index is 0. The SMILES string of the molecule is CC.CN.Cc1ccc(F)nc1. The van der Waals surface area contributed by atoms with Gasteiger partial charge in [0.05, 0.1) is 0 Å². The number of aryl methyl sites for hydroxylation is 1. The van der Waals surface area contributed by atoms with Crippen molar-refractivity contribution in [1.29, 1.82) is 0 Å². The summed E-state index contributed by atoms with van der Waals surface area (Å²) in [6.45, 7) is 5.87. The van der Waals surface area contributed by atoms with Crippen molar-refractivity contribution in [2.75, 3.05) is 7.05 Å². The van der Waals surface area contributed by atoms with Crippen LogP contribution in [0.15, 0.2) is 18.3 Å². The fourth-order valence-electron chi connectivity index (χ4n) is 0.450. The van der Waals surface area contributed by atoms with E-state index in [0.29, 0.717) is 0 Å². The van der Waals surface area contributed by atoms with E-state index in [-0.39, 0.29) is 0 Å². The number of aromatic nitrogens is 1. The highest BCUT2D eigenvalue weighted by atomic mass is 19.1. The molecule has 1 aromatic rings. The quantitative estimate of drug-likeness (QED) is 0.609. The molecule has 0 fully saturated rings. The number of halogens is 1. The zero-order valence-corrected chi connectivity index (χ0v) is 8.13. The third-order valence-electron chi connectivity index (χ3n) is 0.875. The molecule has 0 spiro atoms. The first-order chi connectivity index (χ1) is 5.79. The van der Waals surface area contributed by atoms with Gasteiger partial charge in [-0.25, -0.2) is 4.98 Å². The number of hydrogen-bond donors (Lipinski definition) is 1. The molecule has 1 heterocycles. The lowest BCUT2D eigenvalue weighted by Crippen LogP contribution is -1.79. The van der Waals surface area contributed by atoms with Crippen molar-refractivity contribution < 1.29 is 4.39 Å². The van der Waals surface area contributed by atoms with E-state index in [1.54, 1.807) is 6.07 Å². The second-order valence-corrected chi connectivity index (χ2v) is 1.66. The van der Waals surface area contributed by atoms with Gasteiger partial charge in [-0.3, -0.25) is 0 Å². The van der Waals surface area contributed by atoms with Crippen LogP contribution in [0.3, 0.4) is 0 Å². The second-order valence-electron chi connectivity index (χ2n) is 1.66. The number of hydrogen-bond acceptors (Lipinski definition) is 2. The Hall–Kier alpha value is -0.960. The predicted octanol–water partition coefficient (Wildman–Crippen LogP) is 2.13. The molecule has 0 aliphatic rings. The summed E-state index contributed by atoms with van der Waals surface area (Å²) in [7, 11) is 1.50. The highest BCUT2D eigenvalue weighted by Crippen LogP contribution is 1.94. The van der Waals surface area contributed by atoms with E-state index >= 15 is 0 Å². The summed E-state index contributed by atoms with van der Waals surface area (Å²) in [6.07, 6.45) is 1.50. The summed E-state index contributed by atoms with van der Waals surface area (Å²) in [5.74, 6) is -0.421. The Morgan fingerprint density at radius 3 is 2.00 bits per heavy atom. The number of nitrogens with zero attached hydrogens (tertiary/aromatic N) is 1. The molecular weight excluding hydrogens is 155 g/mol. The van der Waals surface area contributed by atoms with E-state index < -0.39 is 5.95 Å². The predicted molar refractivity (Wildman–Crippen MR) is 50.4 cm³/mol. The van der Waals surface area contributed by atoms with Crippen molar-refractivity contribution in [3.05, 3.63) is 29.8 Å². The zero-order chi connectivity index (χ0) is 9.98. The second kappa shape index (κ2) is 10.0. The molecule has 0 aliphatic carbocycles. The fraction of sp³-hybridized carbons (Fsp3) is 0.444. The zero-order valence-electron chi connectivity index (χ0n) is 8.13. The van der Waals surface area contributed by atoms with Gasteiger partial charge >= 0.3 is 0 Å². The summed E-state index contributed by atoms with van der Waals surface area (Å²) >= 11 is 0. The minimum atomic E-state index is -0.421. The summed E-state index contributed by atoms with van der Waals surface area (Å²) in [4.78, 5) is 3.41. The molecule has 2 N–H and O–H groups in total. The van der Waals surface area contributed by atoms with Crippen molar-refractivity contribution in [1.82, 2.24) is 4.98 Å². The first-order valence-corrected chi connectivity index (χ1v) is 3.95. The van der Waals surface area contributed by atoms with E-state index in [9.17, 15) is 4.39 Å². The van der Waals surface area contributed by atoms with Crippen molar-refractivity contribution in [3.63, 3.8) is 0 Å². The van der Waals surface area contributed by atoms with E-state index in [4.69, 9.17) is 0 Å². The summed E-state index contributed by atoms with van der Waals surface area (Å²) in [6, 6.07) is 3.03. The minimum Gasteiger partial charge on any atom is -0.333 e. The smallest absolute Gasteiger partial charge is 0.212 e. The van der Waals surface area contributed by atoms with Gasteiger partial charge in [0.1, 0.15) is 0 Å². The molecule has 0 radical (unpaired) electrons. The molecule has 0 aromatic carbocycles. The van der Waals surface area contributed by atoms with Crippen LogP contribution in [0, 0.1) is 12.9 Å². The van der Waals surface area contributed by atoms with Crippen LogP contribution in [-0.2, 0) is 0 Å². The number of pyridine rings is 1. The van der Waals surface area contributed by atoms with E-state index in [0.717, 1.165) is 5.56 Å². The molecule has 0 unspecified atom stereocenters. The van der Waals surface area contributed by atoms with Gasteiger partial charge in [-0.2, -0.15) is 4.39 Å². The van der Waals surface area contributed by atoms with Crippen LogP contribution in [0.4, 0.5) is 4.39 Å². The minimum absolute atomic E-state index is 0.421. The largest absolute Gasteiger partial charge is 0.333 e. The van der Waals surface area contributed by atoms with E-state index in [2.05, 4.69) is 10.7 Å². The van der Waals surface area contributed by atoms with Gasteiger partial charge in [-0.1, -0.05) is 19.9 Å². The Morgan fingerprint density at radius 1 is 1.25 bits per heavy atom. The Kier molecular flexibility index (Phi) is 11.4. The van der Waals surface area contributed by atoms with Crippen LogP contribution in [0.5, 0.6) is 0 Å². The standard InChI is InChI=1S/C6H6FN.C2H6.CH5N/c1-5-2-3-6(7)8-4-5;2*1-2/h2-4H,1H3;1-2H3;2H2,1H3. The molecule has 1 rings (SSSR count). The normalized spacial score (nSPS) is 7.17. The molecule has 0 atom stereocenters. The Labute approximate surface area is 73.6 Å². The molecular formula is C9H17FN2. The number of rotatable bonds is 0. The van der Waals surface area contributed by atoms with Crippen molar-refractivity contribution in [3.8, 4) is 0 Å². The summed E-state index contributed by atoms with van der Waals surface area (Å²) in [5.41, 5.74) is 5.48. The Morgan fingerprint density at radius 2 is 1.75 bits per heavy atom. The molecule has 0 saturated heterocycles. The molecule has 70 valence electrons. The van der Waals surface area contributed by atoms with Crippen LogP contribution >= 0.6 is 0 Å². The average molecular weight is 172 g/mol. The number of nitrogens with two attached hydrogens (primary N) is 1. The van der Waals surface area contributed by atoms with Crippen LogP contribution in [0.2, 0.25) is 0 Å². The van der Waals surface area contributed by atoms with Gasteiger partial charge in [0.25, 0.3) is 0 Å². The highest BCUT2D eigenvalue weighted by Gasteiger charge is 1.85. The van der Waals surface area contributed by atoms with Crippen LogP contribution < -0.4 is 5.73 Å². The van der Waals surface area contributed by atoms with Gasteiger partial charge in [-0.15, -0.1) is 0 Å². The monoisotopic (exact) mass is 172 g/mol. The fourth-order valence-corrected chi connectivity index (χ4v) is 0.450. The van der Waals surface area contributed by atoms with Crippen LogP contribution in [-0.4, -0.2) is 12.0 Å².